The second-order valence-corrected chi connectivity index (χ2v) is 11.9. The van der Waals surface area contributed by atoms with Crippen LogP contribution in [0.3, 0.4) is 0 Å². The van der Waals surface area contributed by atoms with Crippen molar-refractivity contribution in [3.63, 3.8) is 0 Å². The van der Waals surface area contributed by atoms with E-state index in [1.165, 1.54) is 0 Å². The lowest BCUT2D eigenvalue weighted by atomic mass is 9.82. The third-order valence-corrected chi connectivity index (χ3v) is 9.36. The molecule has 7 rings (SSSR count). The molecule has 4 aliphatic heterocycles. The summed E-state index contributed by atoms with van der Waals surface area (Å²) in [5.41, 5.74) is 2.42. The van der Waals surface area contributed by atoms with E-state index in [0.717, 1.165) is 24.1 Å². The molecule has 4 aliphatic rings. The number of benzene rings is 3. The fraction of sp³-hybridized carbons (Fsp3) is 0.382. The number of aliphatic hydroxyl groups excluding tert-OH is 1. The molecule has 0 aromatic heterocycles. The minimum absolute atomic E-state index is 0.0515. The highest BCUT2D eigenvalue weighted by molar-refractivity contribution is 6.09. The summed E-state index contributed by atoms with van der Waals surface area (Å²) in [6.07, 6.45) is 1.90. The number of nitrogens with zero attached hydrogens (tertiary/aromatic N) is 3. The van der Waals surface area contributed by atoms with Gasteiger partial charge in [0, 0.05) is 23.7 Å². The lowest BCUT2D eigenvalue weighted by Crippen LogP contribution is -2.44. The standard InChI is InChI=1S/C34H35N3O6/c1-22-16-26(18-31(39)35-15-7-10-25(35)20-38)43-34(22)27-17-24(37-29-11-5-6-12-30(29)42-21-32(37)40)13-14-28(27)36(33(34)41)19-23-8-3-2-4-9-23/h2-6,8-9,11-14,17,22,25-26,38H,7,10,15-16,18-21H2,1H3/t22-,25-,26-,34+/m0/s1. The van der Waals surface area contributed by atoms with Gasteiger partial charge in [0.15, 0.2) is 12.2 Å². The van der Waals surface area contributed by atoms with Crippen LogP contribution in [0.5, 0.6) is 5.75 Å². The summed E-state index contributed by atoms with van der Waals surface area (Å²) in [6.45, 7) is 2.87. The van der Waals surface area contributed by atoms with E-state index in [1.54, 1.807) is 14.7 Å². The molecule has 2 fully saturated rings. The predicted molar refractivity (Wildman–Crippen MR) is 160 cm³/mol. The van der Waals surface area contributed by atoms with Crippen molar-refractivity contribution >= 4 is 34.8 Å². The van der Waals surface area contributed by atoms with Crippen LogP contribution in [0.1, 0.15) is 43.7 Å². The van der Waals surface area contributed by atoms with Crippen LogP contribution in [0.2, 0.25) is 0 Å². The number of likely N-dealkylation sites (tertiary alicyclic amines) is 1. The smallest absolute Gasteiger partial charge is 0.269 e. The van der Waals surface area contributed by atoms with E-state index in [2.05, 4.69) is 0 Å². The van der Waals surface area contributed by atoms with E-state index in [1.807, 2.05) is 79.7 Å². The molecule has 0 unspecified atom stereocenters. The van der Waals surface area contributed by atoms with Crippen molar-refractivity contribution in [2.45, 2.75) is 56.9 Å². The van der Waals surface area contributed by atoms with E-state index < -0.39 is 11.7 Å². The van der Waals surface area contributed by atoms with Gasteiger partial charge in [0.2, 0.25) is 5.91 Å². The average Bonchev–Trinajstić information content (AvgIpc) is 3.70. The Morgan fingerprint density at radius 1 is 1.02 bits per heavy atom. The third kappa shape index (κ3) is 4.49. The molecule has 1 spiro atoms. The second-order valence-electron chi connectivity index (χ2n) is 11.9. The summed E-state index contributed by atoms with van der Waals surface area (Å²) in [6, 6.07) is 22.7. The Kier molecular flexibility index (Phi) is 6.94. The Balaban J connectivity index is 1.27. The lowest BCUT2D eigenvalue weighted by Gasteiger charge is -2.31. The molecule has 1 N–H and O–H groups in total. The van der Waals surface area contributed by atoms with Gasteiger partial charge in [-0.15, -0.1) is 0 Å². The summed E-state index contributed by atoms with van der Waals surface area (Å²) < 4.78 is 12.4. The van der Waals surface area contributed by atoms with Gasteiger partial charge in [-0.2, -0.15) is 0 Å². The first-order chi connectivity index (χ1) is 20.9. The summed E-state index contributed by atoms with van der Waals surface area (Å²) >= 11 is 0. The first-order valence-electron chi connectivity index (χ1n) is 15.0. The fourth-order valence-electron chi connectivity index (χ4n) is 7.30. The highest BCUT2D eigenvalue weighted by atomic mass is 16.5. The predicted octanol–water partition coefficient (Wildman–Crippen LogP) is 4.28. The molecule has 0 aliphatic carbocycles. The van der Waals surface area contributed by atoms with Gasteiger partial charge in [0.1, 0.15) is 5.75 Å². The molecule has 222 valence electrons. The van der Waals surface area contributed by atoms with Crippen molar-refractivity contribution in [3.8, 4) is 5.75 Å². The molecule has 9 nitrogen and oxygen atoms in total. The number of amides is 3. The van der Waals surface area contributed by atoms with Crippen molar-refractivity contribution in [2.24, 2.45) is 5.92 Å². The van der Waals surface area contributed by atoms with Gasteiger partial charge in [-0.1, -0.05) is 49.4 Å². The Hall–Kier alpha value is -4.21. The molecule has 3 aromatic rings. The number of hydrogen-bond acceptors (Lipinski definition) is 6. The first-order valence-corrected chi connectivity index (χ1v) is 15.0. The molecule has 43 heavy (non-hydrogen) atoms. The third-order valence-electron chi connectivity index (χ3n) is 9.36. The molecule has 4 heterocycles. The van der Waals surface area contributed by atoms with Crippen molar-refractivity contribution in [1.29, 1.82) is 0 Å². The number of ether oxygens (including phenoxy) is 2. The van der Waals surface area contributed by atoms with Crippen molar-refractivity contribution < 1.29 is 29.0 Å². The molecule has 0 radical (unpaired) electrons. The van der Waals surface area contributed by atoms with E-state index in [0.29, 0.717) is 42.2 Å². The zero-order valence-electron chi connectivity index (χ0n) is 24.1. The van der Waals surface area contributed by atoms with Gasteiger partial charge in [-0.3, -0.25) is 19.3 Å². The van der Waals surface area contributed by atoms with Crippen LogP contribution in [0.4, 0.5) is 17.1 Å². The Morgan fingerprint density at radius 2 is 1.81 bits per heavy atom. The van der Waals surface area contributed by atoms with Gasteiger partial charge < -0.3 is 24.4 Å². The average molecular weight is 582 g/mol. The van der Waals surface area contributed by atoms with Crippen LogP contribution in [0.15, 0.2) is 72.8 Å². The van der Waals surface area contributed by atoms with Gasteiger partial charge in [0.25, 0.3) is 11.8 Å². The Bertz CT molecular complexity index is 1580. The number of fused-ring (bicyclic) bond motifs is 3. The normalized spacial score (nSPS) is 26.2. The summed E-state index contributed by atoms with van der Waals surface area (Å²) in [4.78, 5) is 46.2. The maximum absolute atomic E-state index is 14.5. The van der Waals surface area contributed by atoms with E-state index >= 15 is 0 Å². The monoisotopic (exact) mass is 581 g/mol. The van der Waals surface area contributed by atoms with Crippen LogP contribution in [0, 0.1) is 5.92 Å². The molecule has 0 saturated carbocycles. The van der Waals surface area contributed by atoms with Crippen LogP contribution in [0.25, 0.3) is 0 Å². The summed E-state index contributed by atoms with van der Waals surface area (Å²) in [5.74, 6) is -0.0132. The van der Waals surface area contributed by atoms with Gasteiger partial charge in [0.05, 0.1) is 43.1 Å². The van der Waals surface area contributed by atoms with E-state index in [-0.39, 0.29) is 49.3 Å². The number of hydrogen-bond donors (Lipinski definition) is 1. The van der Waals surface area contributed by atoms with Gasteiger partial charge in [-0.05, 0) is 55.2 Å². The number of rotatable bonds is 6. The first kappa shape index (κ1) is 27.6. The van der Waals surface area contributed by atoms with Crippen molar-refractivity contribution in [2.75, 3.05) is 29.6 Å². The van der Waals surface area contributed by atoms with Crippen molar-refractivity contribution in [3.05, 3.63) is 83.9 Å². The Morgan fingerprint density at radius 3 is 2.63 bits per heavy atom. The summed E-state index contributed by atoms with van der Waals surface area (Å²) in [5, 5.41) is 9.75. The zero-order chi connectivity index (χ0) is 29.7. The van der Waals surface area contributed by atoms with Crippen LogP contribution < -0.4 is 14.5 Å². The Labute approximate surface area is 250 Å². The van der Waals surface area contributed by atoms with Gasteiger partial charge in [-0.25, -0.2) is 0 Å². The quantitative estimate of drug-likeness (QED) is 0.467. The van der Waals surface area contributed by atoms with Gasteiger partial charge >= 0.3 is 0 Å². The highest BCUT2D eigenvalue weighted by Crippen LogP contribution is 2.55. The molecule has 3 aromatic carbocycles. The largest absolute Gasteiger partial charge is 0.482 e. The fourth-order valence-corrected chi connectivity index (χ4v) is 7.30. The number of carbonyl (C=O) groups is 3. The van der Waals surface area contributed by atoms with E-state index in [4.69, 9.17) is 9.47 Å². The molecule has 9 heteroatoms. The molecule has 4 atom stereocenters. The summed E-state index contributed by atoms with van der Waals surface area (Å²) in [7, 11) is 0. The minimum atomic E-state index is -1.29. The van der Waals surface area contributed by atoms with E-state index in [9.17, 15) is 19.5 Å². The van der Waals surface area contributed by atoms with Crippen LogP contribution in [-0.4, -0.2) is 59.6 Å². The number of anilines is 3. The number of carbonyl (C=O) groups excluding carboxylic acids is 3. The van der Waals surface area contributed by atoms with Crippen molar-refractivity contribution in [1.82, 2.24) is 4.90 Å². The maximum Gasteiger partial charge on any atom is 0.269 e. The zero-order valence-corrected chi connectivity index (χ0v) is 24.1. The lowest BCUT2D eigenvalue weighted by molar-refractivity contribution is -0.150. The van der Waals surface area contributed by atoms with Crippen LogP contribution >= 0.6 is 0 Å². The number of para-hydroxylation sites is 2. The molecular weight excluding hydrogens is 546 g/mol. The molecule has 0 bridgehead atoms. The highest BCUT2D eigenvalue weighted by Gasteiger charge is 2.60. The second kappa shape index (κ2) is 10.8. The molecule has 3 amide bonds. The topological polar surface area (TPSA) is 99.6 Å². The number of aliphatic hydroxyl groups is 1. The minimum Gasteiger partial charge on any atom is -0.482 e. The molecule has 2 saturated heterocycles. The molecular formula is C34H35N3O6. The van der Waals surface area contributed by atoms with Crippen LogP contribution in [-0.2, 0) is 31.3 Å². The maximum atomic E-state index is 14.5. The SMILES string of the molecule is C[C@H]1C[C@@H](CC(=O)N2CCC[C@H]2CO)O[C@]12C(=O)N(Cc1ccccc1)c1ccc(N3C(=O)COc4ccccc43)cc12.